The van der Waals surface area contributed by atoms with Crippen LogP contribution in [-0.2, 0) is 12.8 Å². The maximum atomic E-state index is 12.9. The van der Waals surface area contributed by atoms with Gasteiger partial charge in [-0.3, -0.25) is 0 Å². The van der Waals surface area contributed by atoms with Gasteiger partial charge < -0.3 is 4.74 Å². The third-order valence-corrected chi connectivity index (χ3v) is 4.20. The number of hydrogen-bond donors (Lipinski definition) is 1. The van der Waals surface area contributed by atoms with Crippen LogP contribution in [0.3, 0.4) is 0 Å². The van der Waals surface area contributed by atoms with Crippen molar-refractivity contribution in [2.45, 2.75) is 12.8 Å². The average Bonchev–Trinajstić information content (AvgIpc) is 3.01. The lowest BCUT2D eigenvalue weighted by Crippen LogP contribution is -2.12. The molecule has 1 aromatic heterocycles. The molecular weight excluding hydrogens is 445 g/mol. The van der Waals surface area contributed by atoms with E-state index in [9.17, 15) is 13.2 Å². The number of H-pyrrole nitrogens is 1. The standard InChI is InChI=1S/C17H12BrF3N4OS/c18-13-6-4-11(5-7-13)10-26-14-3-1-2-12(8-14)9-22-25-15(17(19,20)21)23-24-16(25)27/h1-9H,10H2,(H,24,27). The summed E-state index contributed by atoms with van der Waals surface area (Å²) < 4.78 is 45.6. The van der Waals surface area contributed by atoms with E-state index in [1.165, 1.54) is 6.21 Å². The smallest absolute Gasteiger partial charge is 0.453 e. The minimum atomic E-state index is -4.67. The maximum Gasteiger partial charge on any atom is 0.453 e. The minimum absolute atomic E-state index is 0.249. The molecule has 140 valence electrons. The minimum Gasteiger partial charge on any atom is -0.489 e. The number of nitrogens with zero attached hydrogens (tertiary/aromatic N) is 3. The first kappa shape index (κ1) is 19.3. The topological polar surface area (TPSA) is 55.2 Å². The zero-order chi connectivity index (χ0) is 19.4. The van der Waals surface area contributed by atoms with E-state index < -0.39 is 12.0 Å². The molecule has 3 aromatic rings. The normalized spacial score (nSPS) is 11.9. The van der Waals surface area contributed by atoms with Gasteiger partial charge in [0.05, 0.1) is 6.21 Å². The van der Waals surface area contributed by atoms with Gasteiger partial charge in [0.2, 0.25) is 4.77 Å². The molecular formula is C17H12BrF3N4OS. The number of aromatic nitrogens is 3. The highest BCUT2D eigenvalue weighted by molar-refractivity contribution is 9.10. The fourth-order valence-corrected chi connectivity index (χ4v) is 2.58. The number of nitrogens with one attached hydrogen (secondary N) is 1. The summed E-state index contributed by atoms with van der Waals surface area (Å²) in [5.41, 5.74) is 1.54. The Hall–Kier alpha value is -2.46. The van der Waals surface area contributed by atoms with Gasteiger partial charge >= 0.3 is 6.18 Å². The monoisotopic (exact) mass is 456 g/mol. The molecule has 0 bridgehead atoms. The van der Waals surface area contributed by atoms with Crippen molar-refractivity contribution < 1.29 is 17.9 Å². The molecule has 0 spiro atoms. The van der Waals surface area contributed by atoms with Gasteiger partial charge in [-0.2, -0.15) is 22.9 Å². The van der Waals surface area contributed by atoms with Gasteiger partial charge in [0, 0.05) is 4.47 Å². The van der Waals surface area contributed by atoms with E-state index in [1.54, 1.807) is 24.3 Å². The molecule has 1 heterocycles. The van der Waals surface area contributed by atoms with Crippen LogP contribution in [0.1, 0.15) is 17.0 Å². The number of ether oxygens (including phenoxy) is 1. The number of rotatable bonds is 5. The van der Waals surface area contributed by atoms with Crippen molar-refractivity contribution in [2.75, 3.05) is 0 Å². The first-order valence-corrected chi connectivity index (χ1v) is 8.79. The average molecular weight is 457 g/mol. The second-order valence-corrected chi connectivity index (χ2v) is 6.70. The zero-order valence-electron chi connectivity index (χ0n) is 13.6. The quantitative estimate of drug-likeness (QED) is 0.424. The third kappa shape index (κ3) is 5.04. The van der Waals surface area contributed by atoms with E-state index in [4.69, 9.17) is 17.0 Å². The summed E-state index contributed by atoms with van der Waals surface area (Å²) >= 11 is 8.16. The lowest BCUT2D eigenvalue weighted by Gasteiger charge is -2.07. The Morgan fingerprint density at radius 3 is 2.67 bits per heavy atom. The van der Waals surface area contributed by atoms with Crippen molar-refractivity contribution in [3.8, 4) is 5.75 Å². The molecule has 0 saturated carbocycles. The molecule has 0 amide bonds. The Bertz CT molecular complexity index is 1010. The SMILES string of the molecule is FC(F)(F)c1n[nH]c(=S)n1N=Cc1cccc(OCc2ccc(Br)cc2)c1. The van der Waals surface area contributed by atoms with Crippen LogP contribution in [-0.4, -0.2) is 21.1 Å². The Balaban J connectivity index is 1.74. The first-order chi connectivity index (χ1) is 12.8. The van der Waals surface area contributed by atoms with E-state index in [2.05, 4.69) is 31.2 Å². The molecule has 10 heteroatoms. The molecule has 0 aliphatic carbocycles. The highest BCUT2D eigenvalue weighted by Gasteiger charge is 2.37. The van der Waals surface area contributed by atoms with Crippen LogP contribution in [0.4, 0.5) is 13.2 Å². The molecule has 1 N–H and O–H groups in total. The summed E-state index contributed by atoms with van der Waals surface area (Å²) in [5, 5.41) is 9.04. The van der Waals surface area contributed by atoms with Crippen LogP contribution in [0.2, 0.25) is 0 Å². The Morgan fingerprint density at radius 1 is 1.22 bits per heavy atom. The zero-order valence-corrected chi connectivity index (χ0v) is 16.0. The van der Waals surface area contributed by atoms with Crippen LogP contribution < -0.4 is 4.74 Å². The van der Waals surface area contributed by atoms with Gasteiger partial charge in [0.1, 0.15) is 12.4 Å². The van der Waals surface area contributed by atoms with E-state index in [1.807, 2.05) is 24.3 Å². The fraction of sp³-hybridized carbons (Fsp3) is 0.118. The predicted octanol–water partition coefficient (Wildman–Crippen LogP) is 5.18. The Kier molecular flexibility index (Phi) is 5.76. The van der Waals surface area contributed by atoms with Crippen LogP contribution in [0.15, 0.2) is 58.1 Å². The largest absolute Gasteiger partial charge is 0.489 e. The molecule has 0 aliphatic rings. The number of hydrogen-bond acceptors (Lipinski definition) is 4. The van der Waals surface area contributed by atoms with E-state index in [-0.39, 0.29) is 4.77 Å². The van der Waals surface area contributed by atoms with Crippen molar-refractivity contribution in [3.63, 3.8) is 0 Å². The van der Waals surface area contributed by atoms with Crippen molar-refractivity contribution in [3.05, 3.63) is 74.7 Å². The molecule has 0 aliphatic heterocycles. The summed E-state index contributed by atoms with van der Waals surface area (Å²) in [6.07, 6.45) is -3.41. The van der Waals surface area contributed by atoms with Crippen molar-refractivity contribution in [1.29, 1.82) is 0 Å². The van der Waals surface area contributed by atoms with Crippen molar-refractivity contribution in [1.82, 2.24) is 14.9 Å². The molecule has 27 heavy (non-hydrogen) atoms. The second kappa shape index (κ2) is 8.05. The number of aromatic amines is 1. The third-order valence-electron chi connectivity index (χ3n) is 3.40. The van der Waals surface area contributed by atoms with E-state index in [0.717, 1.165) is 10.0 Å². The summed E-state index contributed by atoms with van der Waals surface area (Å²) in [6.45, 7) is 0.360. The highest BCUT2D eigenvalue weighted by atomic mass is 79.9. The van der Waals surface area contributed by atoms with Gasteiger partial charge in [-0.25, -0.2) is 5.10 Å². The van der Waals surface area contributed by atoms with Gasteiger partial charge in [0.25, 0.3) is 5.82 Å². The molecule has 0 radical (unpaired) electrons. The van der Waals surface area contributed by atoms with Crippen LogP contribution in [0.25, 0.3) is 0 Å². The van der Waals surface area contributed by atoms with E-state index >= 15 is 0 Å². The lowest BCUT2D eigenvalue weighted by molar-refractivity contribution is -0.147. The van der Waals surface area contributed by atoms with Crippen molar-refractivity contribution in [2.24, 2.45) is 5.10 Å². The molecule has 0 unspecified atom stereocenters. The van der Waals surface area contributed by atoms with Gasteiger partial charge in [-0.05, 0) is 47.6 Å². The van der Waals surface area contributed by atoms with Crippen LogP contribution in [0.5, 0.6) is 5.75 Å². The molecule has 3 rings (SSSR count). The first-order valence-electron chi connectivity index (χ1n) is 7.59. The second-order valence-electron chi connectivity index (χ2n) is 5.39. The van der Waals surface area contributed by atoms with Gasteiger partial charge in [-0.15, -0.1) is 5.10 Å². The Labute approximate surface area is 165 Å². The molecule has 2 aromatic carbocycles. The molecule has 5 nitrogen and oxygen atoms in total. The number of benzene rings is 2. The maximum absolute atomic E-state index is 12.9. The van der Waals surface area contributed by atoms with Crippen LogP contribution in [0, 0.1) is 4.77 Å². The summed E-state index contributed by atoms with van der Waals surface area (Å²) in [7, 11) is 0. The van der Waals surface area contributed by atoms with Crippen molar-refractivity contribution >= 4 is 34.4 Å². The molecule has 0 saturated heterocycles. The Morgan fingerprint density at radius 2 is 1.96 bits per heavy atom. The predicted molar refractivity (Wildman–Crippen MR) is 100 cm³/mol. The van der Waals surface area contributed by atoms with Crippen LogP contribution >= 0.6 is 28.1 Å². The highest BCUT2D eigenvalue weighted by Crippen LogP contribution is 2.27. The van der Waals surface area contributed by atoms with E-state index in [0.29, 0.717) is 22.6 Å². The summed E-state index contributed by atoms with van der Waals surface area (Å²) in [5.74, 6) is -0.653. The number of halogens is 4. The fourth-order valence-electron chi connectivity index (χ4n) is 2.14. The van der Waals surface area contributed by atoms with Gasteiger partial charge in [0.15, 0.2) is 0 Å². The summed E-state index contributed by atoms with van der Waals surface area (Å²) in [4.78, 5) is 0. The lowest BCUT2D eigenvalue weighted by atomic mass is 10.2. The summed E-state index contributed by atoms with van der Waals surface area (Å²) in [6, 6.07) is 14.5. The number of alkyl halides is 3. The molecule has 0 atom stereocenters. The van der Waals surface area contributed by atoms with Gasteiger partial charge in [-0.1, -0.05) is 40.2 Å². The molecule has 0 fully saturated rings.